The van der Waals surface area contributed by atoms with Crippen LogP contribution >= 0.6 is 0 Å². The summed E-state index contributed by atoms with van der Waals surface area (Å²) in [5.41, 5.74) is 15.0. The van der Waals surface area contributed by atoms with Gasteiger partial charge in [-0.2, -0.15) is 0 Å². The lowest BCUT2D eigenvalue weighted by Gasteiger charge is -2.30. The van der Waals surface area contributed by atoms with E-state index in [2.05, 4.69) is 204 Å². The first kappa shape index (κ1) is 35.6. The highest BCUT2D eigenvalue weighted by atomic mass is 16.3. The lowest BCUT2D eigenvalue weighted by Crippen LogP contribution is -2.12. The van der Waals surface area contributed by atoms with E-state index >= 15 is 0 Å². The molecule has 11 aromatic rings. The minimum absolute atomic E-state index is 0.571. The van der Waals surface area contributed by atoms with Crippen LogP contribution < -0.4 is 4.90 Å². The van der Waals surface area contributed by atoms with Gasteiger partial charge in [-0.05, 0) is 113 Å². The van der Waals surface area contributed by atoms with Crippen LogP contribution in [0.25, 0.3) is 82.5 Å². The molecule has 1 aliphatic carbocycles. The number of benzene rings is 9. The van der Waals surface area contributed by atoms with E-state index in [9.17, 15) is 0 Å². The second-order valence-corrected chi connectivity index (χ2v) is 16.7. The van der Waals surface area contributed by atoms with Gasteiger partial charge in [0, 0.05) is 44.0 Å². The molecule has 61 heavy (non-hydrogen) atoms. The van der Waals surface area contributed by atoms with Crippen LogP contribution in [0.3, 0.4) is 0 Å². The van der Waals surface area contributed by atoms with Gasteiger partial charge >= 0.3 is 0 Å². The predicted octanol–water partition coefficient (Wildman–Crippen LogP) is 16.7. The molecule has 0 amide bonds. The zero-order valence-electron chi connectivity index (χ0n) is 34.0. The fourth-order valence-corrected chi connectivity index (χ4v) is 10.4. The maximum absolute atomic E-state index is 6.39. The van der Waals surface area contributed by atoms with Crippen molar-refractivity contribution in [3.8, 4) is 27.9 Å². The number of anilines is 3. The first-order valence-electron chi connectivity index (χ1n) is 21.8. The number of fused-ring (bicyclic) bond motifs is 7. The Hall–Kier alpha value is -7.36. The quantitative estimate of drug-likeness (QED) is 0.161. The second kappa shape index (κ2) is 14.7. The molecule has 3 heteroatoms. The second-order valence-electron chi connectivity index (χ2n) is 16.7. The lowest BCUT2D eigenvalue weighted by atomic mass is 9.80. The number of aromatic nitrogens is 1. The number of para-hydroxylation sites is 5. The zero-order valence-corrected chi connectivity index (χ0v) is 34.0. The molecular weight excluding hydrogens is 741 g/mol. The van der Waals surface area contributed by atoms with Crippen LogP contribution in [0.1, 0.15) is 43.6 Å². The van der Waals surface area contributed by atoms with Crippen LogP contribution in [0, 0.1) is 0 Å². The van der Waals surface area contributed by atoms with Crippen LogP contribution in [0.5, 0.6) is 0 Å². The molecule has 3 nitrogen and oxygen atoms in total. The Balaban J connectivity index is 1.11. The molecule has 1 aliphatic rings. The van der Waals surface area contributed by atoms with E-state index in [4.69, 9.17) is 4.42 Å². The summed E-state index contributed by atoms with van der Waals surface area (Å²) in [4.78, 5) is 2.49. The summed E-state index contributed by atoms with van der Waals surface area (Å²) < 4.78 is 8.78. The van der Waals surface area contributed by atoms with Gasteiger partial charge in [0.15, 0.2) is 0 Å². The third kappa shape index (κ3) is 5.95. The van der Waals surface area contributed by atoms with E-state index in [-0.39, 0.29) is 0 Å². The van der Waals surface area contributed by atoms with Crippen LogP contribution in [-0.4, -0.2) is 4.57 Å². The molecule has 9 aromatic carbocycles. The number of nitrogens with zero attached hydrogens (tertiary/aromatic N) is 2. The third-order valence-electron chi connectivity index (χ3n) is 13.2. The van der Waals surface area contributed by atoms with Crippen molar-refractivity contribution in [3.05, 3.63) is 206 Å². The van der Waals surface area contributed by atoms with Gasteiger partial charge in [0.05, 0.1) is 22.4 Å². The lowest BCUT2D eigenvalue weighted by molar-refractivity contribution is 0.445. The molecule has 0 saturated heterocycles. The number of rotatable bonds is 7. The molecule has 0 bridgehead atoms. The Kier molecular flexibility index (Phi) is 8.59. The maximum atomic E-state index is 6.39. The summed E-state index contributed by atoms with van der Waals surface area (Å²) in [6.07, 6.45) is 6.44. The van der Waals surface area contributed by atoms with E-state index in [0.29, 0.717) is 5.92 Å². The maximum Gasteiger partial charge on any atom is 0.135 e. The van der Waals surface area contributed by atoms with Crippen molar-refractivity contribution in [1.29, 1.82) is 0 Å². The monoisotopic (exact) mass is 784 g/mol. The van der Waals surface area contributed by atoms with Crippen LogP contribution in [0.2, 0.25) is 0 Å². The van der Waals surface area contributed by atoms with E-state index in [1.54, 1.807) is 0 Å². The molecule has 2 aromatic heterocycles. The standard InChI is InChI=1S/C58H44N2O/c1-3-17-39(18-4-1)45-27-15-19-40-20-16-28-49(58(40)45)46-24-8-12-30-53(46)60(43-34-36-57-51(38-43)48-26-10-14-32-56(48)61-57)52-29-11-7-23-44(52)41-33-35-55-50(37-41)47-25-9-13-31-54(47)59(55)42-21-5-2-6-22-42/h2,5-16,19-39H,1,3-4,17-18H2. The SMILES string of the molecule is c1ccc(-n2c3ccccc3c3cc(-c4ccccc4N(c4ccc5oc6ccccc6c5c4)c4ccccc4-c4cccc5cccc(C6CCCCC6)c45)ccc32)cc1. The van der Waals surface area contributed by atoms with Gasteiger partial charge in [-0.25, -0.2) is 0 Å². The fourth-order valence-electron chi connectivity index (χ4n) is 10.4. The van der Waals surface area contributed by atoms with Crippen molar-refractivity contribution in [1.82, 2.24) is 4.57 Å². The Morgan fingerprint density at radius 2 is 1.10 bits per heavy atom. The highest BCUT2D eigenvalue weighted by molar-refractivity contribution is 6.12. The van der Waals surface area contributed by atoms with Crippen molar-refractivity contribution in [3.63, 3.8) is 0 Å². The molecule has 0 atom stereocenters. The van der Waals surface area contributed by atoms with Gasteiger partial charge in [0.25, 0.3) is 0 Å². The molecule has 12 rings (SSSR count). The highest BCUT2D eigenvalue weighted by Crippen LogP contribution is 2.49. The van der Waals surface area contributed by atoms with Crippen molar-refractivity contribution >= 4 is 71.6 Å². The van der Waals surface area contributed by atoms with Gasteiger partial charge in [-0.1, -0.05) is 153 Å². The molecule has 2 heterocycles. The van der Waals surface area contributed by atoms with E-state index in [1.807, 2.05) is 6.07 Å². The van der Waals surface area contributed by atoms with E-state index in [1.165, 1.54) is 86.9 Å². The molecule has 0 unspecified atom stereocenters. The van der Waals surface area contributed by atoms with Crippen LogP contribution in [0.4, 0.5) is 17.1 Å². The summed E-state index contributed by atoms with van der Waals surface area (Å²) in [5, 5.41) is 7.38. The smallest absolute Gasteiger partial charge is 0.135 e. The van der Waals surface area contributed by atoms with Crippen LogP contribution in [0.15, 0.2) is 205 Å². The summed E-state index contributed by atoms with van der Waals surface area (Å²) >= 11 is 0. The molecule has 0 N–H and O–H groups in total. The number of hydrogen-bond donors (Lipinski definition) is 0. The van der Waals surface area contributed by atoms with Gasteiger partial charge in [-0.3, -0.25) is 0 Å². The summed E-state index contributed by atoms with van der Waals surface area (Å²) in [6, 6.07) is 73.4. The molecule has 0 radical (unpaired) electrons. The Morgan fingerprint density at radius 3 is 1.95 bits per heavy atom. The molecule has 0 aliphatic heterocycles. The summed E-state index contributed by atoms with van der Waals surface area (Å²) in [7, 11) is 0. The minimum atomic E-state index is 0.571. The van der Waals surface area contributed by atoms with Crippen molar-refractivity contribution in [2.24, 2.45) is 0 Å². The van der Waals surface area contributed by atoms with Gasteiger partial charge in [0.2, 0.25) is 0 Å². The summed E-state index contributed by atoms with van der Waals surface area (Å²) in [5.74, 6) is 0.571. The third-order valence-corrected chi connectivity index (χ3v) is 13.2. The van der Waals surface area contributed by atoms with Gasteiger partial charge in [-0.15, -0.1) is 0 Å². The molecule has 1 fully saturated rings. The van der Waals surface area contributed by atoms with Gasteiger partial charge < -0.3 is 13.9 Å². The summed E-state index contributed by atoms with van der Waals surface area (Å²) in [6.45, 7) is 0. The van der Waals surface area contributed by atoms with E-state index in [0.717, 1.165) is 50.3 Å². The predicted molar refractivity (Wildman–Crippen MR) is 257 cm³/mol. The largest absolute Gasteiger partial charge is 0.456 e. The zero-order chi connectivity index (χ0) is 40.3. The van der Waals surface area contributed by atoms with Crippen molar-refractivity contribution in [2.75, 3.05) is 4.90 Å². The average Bonchev–Trinajstić information content (AvgIpc) is 3.87. The number of hydrogen-bond acceptors (Lipinski definition) is 2. The Morgan fingerprint density at radius 1 is 0.443 bits per heavy atom. The van der Waals surface area contributed by atoms with Gasteiger partial charge in [0.1, 0.15) is 11.2 Å². The van der Waals surface area contributed by atoms with Crippen LogP contribution in [-0.2, 0) is 0 Å². The normalized spacial score (nSPS) is 13.5. The molecule has 0 spiro atoms. The topological polar surface area (TPSA) is 21.3 Å². The molecule has 292 valence electrons. The average molecular weight is 785 g/mol. The highest BCUT2D eigenvalue weighted by Gasteiger charge is 2.25. The minimum Gasteiger partial charge on any atom is -0.456 e. The Labute approximate surface area is 355 Å². The molecular formula is C58H44N2O. The first-order chi connectivity index (χ1) is 30.3. The van der Waals surface area contributed by atoms with Crippen molar-refractivity contribution in [2.45, 2.75) is 38.0 Å². The first-order valence-corrected chi connectivity index (χ1v) is 21.8. The molecule has 1 saturated carbocycles. The number of furan rings is 1. The Bertz CT molecular complexity index is 3420. The van der Waals surface area contributed by atoms with Crippen molar-refractivity contribution < 1.29 is 4.42 Å². The fraction of sp³-hybridized carbons (Fsp3) is 0.103. The van der Waals surface area contributed by atoms with E-state index < -0.39 is 0 Å².